The van der Waals surface area contributed by atoms with E-state index in [0.29, 0.717) is 45.3 Å². The zero-order chi connectivity index (χ0) is 37.8. The molecule has 268 valence electrons. The molecule has 5 heterocycles. The highest BCUT2D eigenvalue weighted by Crippen LogP contribution is 2.40. The van der Waals surface area contributed by atoms with Gasteiger partial charge in [0.05, 0.1) is 51.4 Å². The number of aromatic nitrogens is 4. The standard InChI is InChI=1S/C42H32N4O8/c1-20-2-4-21(5-3-20)36-30-10-12-34(45-30)37(22-14-24(39(47)48)18-25(15-22)40(49)50)32-8-6-28(43-32)29-7-9-33(44-29)38(35-13-11-31(36)46-35)23-16-26(41(51)52)19-27(17-23)42(53)54/h2-19,36-38,43-46H,1H3,(H,47,48)(H,49,50)(H,51,52)(H,53,54). The summed E-state index contributed by atoms with van der Waals surface area (Å²) in [5.74, 6) is -6.66. The number of aromatic amines is 4. The molecule has 12 heteroatoms. The SMILES string of the molecule is Cc1ccc(C2c3ccc([nH]3)C(c3cc(C(=O)O)cc(C(=O)O)c3)c3ccc([nH]3)-c3ccc([nH]3)C(c3cc(C(=O)O)cc(C(=O)O)c3)c3ccc2[nH]3)cc1. The molecule has 0 aliphatic carbocycles. The molecule has 1 aliphatic heterocycles. The molecular formula is C42H32N4O8. The second-order valence-corrected chi connectivity index (χ2v) is 13.5. The number of hydrogen-bond donors (Lipinski definition) is 8. The van der Waals surface area contributed by atoms with E-state index in [0.717, 1.165) is 34.6 Å². The van der Waals surface area contributed by atoms with Crippen LogP contribution in [0.3, 0.4) is 0 Å². The maximum Gasteiger partial charge on any atom is 0.335 e. The first-order chi connectivity index (χ1) is 25.9. The van der Waals surface area contributed by atoms with Gasteiger partial charge in [-0.25, -0.2) is 19.2 Å². The summed E-state index contributed by atoms with van der Waals surface area (Å²) in [5, 5.41) is 39.8. The molecule has 0 radical (unpaired) electrons. The predicted octanol–water partition coefficient (Wildman–Crippen LogP) is 7.62. The Kier molecular flexibility index (Phi) is 8.14. The quantitative estimate of drug-likeness (QED) is 0.0818. The third-order valence-corrected chi connectivity index (χ3v) is 10.0. The summed E-state index contributed by atoms with van der Waals surface area (Å²) in [6, 6.07) is 31.5. The van der Waals surface area contributed by atoms with Gasteiger partial charge in [-0.05, 0) is 109 Å². The van der Waals surface area contributed by atoms with E-state index in [1.807, 2.05) is 79.7 Å². The van der Waals surface area contributed by atoms with E-state index in [-0.39, 0.29) is 28.2 Å². The van der Waals surface area contributed by atoms with Gasteiger partial charge in [-0.2, -0.15) is 0 Å². The number of benzene rings is 3. The Morgan fingerprint density at radius 2 is 0.685 bits per heavy atom. The maximum absolute atomic E-state index is 12.2. The fraction of sp³-hybridized carbons (Fsp3) is 0.0952. The van der Waals surface area contributed by atoms with E-state index >= 15 is 0 Å². The molecule has 0 saturated heterocycles. The minimum atomic E-state index is -1.25. The van der Waals surface area contributed by atoms with Gasteiger partial charge in [-0.15, -0.1) is 0 Å². The summed E-state index contributed by atoms with van der Waals surface area (Å²) in [6.07, 6.45) is 0. The average Bonchev–Trinajstić information content (AvgIpc) is 3.98. The number of carboxylic acids is 4. The van der Waals surface area contributed by atoms with Gasteiger partial charge in [0.2, 0.25) is 0 Å². The van der Waals surface area contributed by atoms with E-state index in [1.54, 1.807) is 0 Å². The number of nitrogens with one attached hydrogen (secondary N) is 4. The van der Waals surface area contributed by atoms with Gasteiger partial charge in [-0.1, -0.05) is 29.8 Å². The van der Waals surface area contributed by atoms with Gasteiger partial charge in [-0.3, -0.25) is 0 Å². The van der Waals surface area contributed by atoms with E-state index in [4.69, 9.17) is 0 Å². The van der Waals surface area contributed by atoms with Crippen molar-refractivity contribution in [2.75, 3.05) is 0 Å². The fourth-order valence-electron chi connectivity index (χ4n) is 7.48. The molecule has 0 amide bonds. The van der Waals surface area contributed by atoms with Crippen molar-refractivity contribution < 1.29 is 39.6 Å². The summed E-state index contributed by atoms with van der Waals surface area (Å²) in [6.45, 7) is 2.00. The second-order valence-electron chi connectivity index (χ2n) is 13.5. The van der Waals surface area contributed by atoms with Crippen LogP contribution in [-0.4, -0.2) is 64.2 Å². The molecule has 8 N–H and O–H groups in total. The van der Waals surface area contributed by atoms with Crippen molar-refractivity contribution in [2.24, 2.45) is 0 Å². The van der Waals surface area contributed by atoms with Gasteiger partial charge in [0.1, 0.15) is 0 Å². The van der Waals surface area contributed by atoms with Crippen LogP contribution in [0.4, 0.5) is 0 Å². The molecule has 1 aliphatic rings. The minimum absolute atomic E-state index is 0.158. The molecule has 3 aromatic carbocycles. The number of fused-ring (bicyclic) bond motifs is 9. The number of rotatable bonds is 7. The molecule has 2 atom stereocenters. The van der Waals surface area contributed by atoms with E-state index in [1.165, 1.54) is 24.3 Å². The molecule has 8 rings (SSSR count). The Balaban J connectivity index is 1.39. The molecule has 0 saturated carbocycles. The van der Waals surface area contributed by atoms with Gasteiger partial charge in [0.15, 0.2) is 0 Å². The van der Waals surface area contributed by atoms with Gasteiger partial charge >= 0.3 is 23.9 Å². The van der Waals surface area contributed by atoms with Crippen molar-refractivity contribution in [2.45, 2.75) is 24.7 Å². The Morgan fingerprint density at radius 1 is 0.389 bits per heavy atom. The highest BCUT2D eigenvalue weighted by Gasteiger charge is 2.29. The lowest BCUT2D eigenvalue weighted by Crippen LogP contribution is -2.11. The van der Waals surface area contributed by atoms with Gasteiger partial charge in [0, 0.05) is 34.2 Å². The number of aromatic carboxylic acids is 4. The second kappa shape index (κ2) is 13.0. The predicted molar refractivity (Wildman–Crippen MR) is 197 cm³/mol. The monoisotopic (exact) mass is 720 g/mol. The molecule has 54 heavy (non-hydrogen) atoms. The number of H-pyrrole nitrogens is 4. The smallest absolute Gasteiger partial charge is 0.335 e. The van der Waals surface area contributed by atoms with E-state index < -0.39 is 35.7 Å². The maximum atomic E-state index is 12.2. The molecule has 0 fully saturated rings. The lowest BCUT2D eigenvalue weighted by atomic mass is 9.90. The van der Waals surface area contributed by atoms with Crippen LogP contribution in [-0.2, 0) is 0 Å². The summed E-state index contributed by atoms with van der Waals surface area (Å²) in [5.41, 5.74) is 7.91. The lowest BCUT2D eigenvalue weighted by molar-refractivity contribution is 0.0676. The average molecular weight is 721 g/mol. The number of carbonyl (C=O) groups is 4. The van der Waals surface area contributed by atoms with Crippen LogP contribution in [0.25, 0.3) is 11.4 Å². The normalized spacial score (nSPS) is 16.3. The van der Waals surface area contributed by atoms with Crippen LogP contribution in [0.1, 0.15) is 116 Å². The summed E-state index contributed by atoms with van der Waals surface area (Å²) < 4.78 is 0. The van der Waals surface area contributed by atoms with Crippen molar-refractivity contribution in [3.8, 4) is 11.4 Å². The number of aryl methyl sites for hydroxylation is 1. The summed E-state index contributed by atoms with van der Waals surface area (Å²) >= 11 is 0. The Labute approximate surface area is 306 Å². The largest absolute Gasteiger partial charge is 0.478 e. The van der Waals surface area contributed by atoms with Crippen LogP contribution in [0.5, 0.6) is 0 Å². The van der Waals surface area contributed by atoms with E-state index in [2.05, 4.69) is 19.9 Å². The number of carboxylic acid groups (broad SMARTS) is 4. The number of hydrogen-bond acceptors (Lipinski definition) is 4. The third-order valence-electron chi connectivity index (χ3n) is 10.0. The molecule has 0 spiro atoms. The van der Waals surface area contributed by atoms with Gasteiger partial charge < -0.3 is 40.4 Å². The van der Waals surface area contributed by atoms with Crippen molar-refractivity contribution >= 4 is 23.9 Å². The summed E-state index contributed by atoms with van der Waals surface area (Å²) in [4.78, 5) is 62.9. The zero-order valence-electron chi connectivity index (χ0n) is 28.5. The highest BCUT2D eigenvalue weighted by molar-refractivity contribution is 5.95. The highest BCUT2D eigenvalue weighted by atomic mass is 16.4. The third kappa shape index (κ3) is 6.05. The van der Waals surface area contributed by atoms with Crippen LogP contribution >= 0.6 is 0 Å². The Bertz CT molecular complexity index is 2400. The Morgan fingerprint density at radius 3 is 1.02 bits per heavy atom. The first-order valence-electron chi connectivity index (χ1n) is 17.0. The molecule has 4 aromatic heterocycles. The first-order valence-corrected chi connectivity index (χ1v) is 17.0. The molecular weight excluding hydrogens is 688 g/mol. The van der Waals surface area contributed by atoms with Crippen LogP contribution in [0, 0.1) is 6.92 Å². The van der Waals surface area contributed by atoms with Gasteiger partial charge in [0.25, 0.3) is 0 Å². The summed E-state index contributed by atoms with van der Waals surface area (Å²) in [7, 11) is 0. The van der Waals surface area contributed by atoms with Crippen molar-refractivity contribution in [1.82, 2.24) is 19.9 Å². The lowest BCUT2D eigenvalue weighted by Gasteiger charge is -2.20. The van der Waals surface area contributed by atoms with E-state index in [9.17, 15) is 39.6 Å². The topological polar surface area (TPSA) is 212 Å². The minimum Gasteiger partial charge on any atom is -0.478 e. The zero-order valence-corrected chi connectivity index (χ0v) is 28.5. The van der Waals surface area contributed by atoms with Crippen LogP contribution < -0.4 is 0 Å². The molecule has 12 nitrogen and oxygen atoms in total. The molecule has 2 unspecified atom stereocenters. The van der Waals surface area contributed by atoms with Crippen LogP contribution in [0.2, 0.25) is 0 Å². The Hall–Kier alpha value is -7.34. The fourth-order valence-corrected chi connectivity index (χ4v) is 7.48. The molecule has 8 bridgehead atoms. The van der Waals surface area contributed by atoms with Crippen molar-refractivity contribution in [1.29, 1.82) is 0 Å². The first kappa shape index (κ1) is 33.8. The molecule has 7 aromatic rings. The van der Waals surface area contributed by atoms with Crippen molar-refractivity contribution in [3.05, 3.63) is 188 Å². The van der Waals surface area contributed by atoms with Crippen molar-refractivity contribution in [3.63, 3.8) is 0 Å². The van der Waals surface area contributed by atoms with Crippen LogP contribution in [0.15, 0.2) is 109 Å².